The molecule has 3 N–H and O–H groups in total. The van der Waals surface area contributed by atoms with Crippen LogP contribution in [0.4, 0.5) is 18.9 Å². The van der Waals surface area contributed by atoms with E-state index in [0.717, 1.165) is 25.1 Å². The molecule has 1 aromatic heterocycles. The number of hydrogen-bond donors (Lipinski definition) is 2. The van der Waals surface area contributed by atoms with Crippen LogP contribution in [0.1, 0.15) is 18.5 Å². The molecule has 0 bridgehead atoms. The summed E-state index contributed by atoms with van der Waals surface area (Å²) in [4.78, 5) is 17.1. The fourth-order valence-corrected chi connectivity index (χ4v) is 2.54. The third-order valence-electron chi connectivity index (χ3n) is 3.63. The van der Waals surface area contributed by atoms with E-state index >= 15 is 0 Å². The van der Waals surface area contributed by atoms with E-state index in [0.29, 0.717) is 31.9 Å². The number of piperidine rings is 1. The van der Waals surface area contributed by atoms with Gasteiger partial charge in [-0.15, -0.1) is 0 Å². The first-order chi connectivity index (χ1) is 10.4. The molecule has 2 rings (SSSR count). The van der Waals surface area contributed by atoms with Gasteiger partial charge in [-0.2, -0.15) is 13.2 Å². The van der Waals surface area contributed by atoms with Gasteiger partial charge in [0.1, 0.15) is 5.69 Å². The molecule has 5 nitrogen and oxygen atoms in total. The molecule has 1 fully saturated rings. The van der Waals surface area contributed by atoms with Crippen LogP contribution < -0.4 is 16.0 Å². The Morgan fingerprint density at radius 3 is 2.95 bits per heavy atom. The van der Waals surface area contributed by atoms with Crippen LogP contribution in [0.15, 0.2) is 18.3 Å². The van der Waals surface area contributed by atoms with E-state index in [2.05, 4.69) is 10.3 Å². The lowest BCUT2D eigenvalue weighted by molar-refractivity contribution is -0.141. The molecule has 1 unspecified atom stereocenters. The summed E-state index contributed by atoms with van der Waals surface area (Å²) in [5, 5.41) is 2.73. The van der Waals surface area contributed by atoms with E-state index in [9.17, 15) is 18.0 Å². The maximum Gasteiger partial charge on any atom is 0.433 e. The zero-order valence-corrected chi connectivity index (χ0v) is 12.1. The van der Waals surface area contributed by atoms with Crippen LogP contribution in [0, 0.1) is 5.92 Å². The Bertz CT molecular complexity index is 521. The van der Waals surface area contributed by atoms with Crippen LogP contribution >= 0.6 is 0 Å². The topological polar surface area (TPSA) is 71.2 Å². The van der Waals surface area contributed by atoms with Crippen molar-refractivity contribution in [2.75, 3.05) is 31.1 Å². The van der Waals surface area contributed by atoms with Gasteiger partial charge in [-0.05, 0) is 25.0 Å². The first-order valence-corrected chi connectivity index (χ1v) is 7.18. The van der Waals surface area contributed by atoms with Crippen molar-refractivity contribution in [1.29, 1.82) is 0 Å². The number of nitrogens with zero attached hydrogens (tertiary/aromatic N) is 2. The SMILES string of the molecule is NCCNC(=O)C1CCCN(c2ccnc(C(F)(F)F)c2)C1. The van der Waals surface area contributed by atoms with Gasteiger partial charge in [0.05, 0.1) is 5.92 Å². The predicted molar refractivity (Wildman–Crippen MR) is 76.2 cm³/mol. The number of carbonyl (C=O) groups excluding carboxylic acids is 1. The third kappa shape index (κ3) is 4.09. The average molecular weight is 316 g/mol. The molecule has 122 valence electrons. The quantitative estimate of drug-likeness (QED) is 0.881. The maximum atomic E-state index is 12.7. The summed E-state index contributed by atoms with van der Waals surface area (Å²) in [5.74, 6) is -0.331. The molecule has 1 amide bonds. The number of halogens is 3. The van der Waals surface area contributed by atoms with E-state index in [1.54, 1.807) is 4.90 Å². The normalized spacial score (nSPS) is 19.1. The van der Waals surface area contributed by atoms with Gasteiger partial charge < -0.3 is 16.0 Å². The highest BCUT2D eigenvalue weighted by Gasteiger charge is 2.33. The molecular weight excluding hydrogens is 297 g/mol. The molecule has 0 saturated carbocycles. The highest BCUT2D eigenvalue weighted by Crippen LogP contribution is 2.31. The smallest absolute Gasteiger partial charge is 0.371 e. The van der Waals surface area contributed by atoms with Crippen LogP contribution in [-0.4, -0.2) is 37.1 Å². The molecular formula is C14H19F3N4O. The van der Waals surface area contributed by atoms with Crippen molar-refractivity contribution in [3.05, 3.63) is 24.0 Å². The number of anilines is 1. The minimum atomic E-state index is -4.47. The lowest BCUT2D eigenvalue weighted by Gasteiger charge is -2.33. The zero-order chi connectivity index (χ0) is 16.2. The molecule has 0 aliphatic carbocycles. The highest BCUT2D eigenvalue weighted by atomic mass is 19.4. The molecule has 2 heterocycles. The van der Waals surface area contributed by atoms with Crippen molar-refractivity contribution < 1.29 is 18.0 Å². The average Bonchev–Trinajstić information content (AvgIpc) is 2.52. The van der Waals surface area contributed by atoms with Crippen molar-refractivity contribution >= 4 is 11.6 Å². The van der Waals surface area contributed by atoms with Gasteiger partial charge in [-0.1, -0.05) is 0 Å². The lowest BCUT2D eigenvalue weighted by Crippen LogP contribution is -2.44. The fourth-order valence-electron chi connectivity index (χ4n) is 2.54. The standard InChI is InChI=1S/C14H19F3N4O/c15-14(16,17)12-8-11(3-5-19-12)21-7-1-2-10(9-21)13(22)20-6-4-18/h3,5,8,10H,1-2,4,6-7,9,18H2,(H,20,22). The number of nitrogens with one attached hydrogen (secondary N) is 1. The second kappa shape index (κ2) is 6.95. The predicted octanol–water partition coefficient (Wildman–Crippen LogP) is 1.39. The van der Waals surface area contributed by atoms with E-state index in [-0.39, 0.29) is 11.8 Å². The van der Waals surface area contributed by atoms with Gasteiger partial charge in [0.2, 0.25) is 5.91 Å². The summed E-state index contributed by atoms with van der Waals surface area (Å²) < 4.78 is 38.2. The Morgan fingerprint density at radius 2 is 2.27 bits per heavy atom. The van der Waals surface area contributed by atoms with Gasteiger partial charge >= 0.3 is 6.18 Å². The number of hydrogen-bond acceptors (Lipinski definition) is 4. The second-order valence-electron chi connectivity index (χ2n) is 5.26. The van der Waals surface area contributed by atoms with E-state index in [4.69, 9.17) is 5.73 Å². The molecule has 1 aliphatic rings. The third-order valence-corrected chi connectivity index (χ3v) is 3.63. The summed E-state index contributed by atoms with van der Waals surface area (Å²) >= 11 is 0. The van der Waals surface area contributed by atoms with Crippen molar-refractivity contribution in [2.45, 2.75) is 19.0 Å². The van der Waals surface area contributed by atoms with Crippen molar-refractivity contribution in [1.82, 2.24) is 10.3 Å². The molecule has 1 saturated heterocycles. The number of carbonyl (C=O) groups is 1. The molecule has 1 aromatic rings. The van der Waals surface area contributed by atoms with Gasteiger partial charge in [0.15, 0.2) is 0 Å². The Labute approximate surface area is 126 Å². The van der Waals surface area contributed by atoms with Crippen molar-refractivity contribution in [3.63, 3.8) is 0 Å². The minimum absolute atomic E-state index is 0.0970. The monoisotopic (exact) mass is 316 g/mol. The number of nitrogens with two attached hydrogens (primary N) is 1. The summed E-state index contributed by atoms with van der Waals surface area (Å²) in [7, 11) is 0. The highest BCUT2D eigenvalue weighted by molar-refractivity contribution is 5.79. The summed E-state index contributed by atoms with van der Waals surface area (Å²) in [6.07, 6.45) is -1.84. The summed E-state index contributed by atoms with van der Waals surface area (Å²) in [6, 6.07) is 2.57. The molecule has 22 heavy (non-hydrogen) atoms. The second-order valence-corrected chi connectivity index (χ2v) is 5.26. The number of rotatable bonds is 4. The number of alkyl halides is 3. The molecule has 1 atom stereocenters. The van der Waals surface area contributed by atoms with E-state index in [1.807, 2.05) is 0 Å². The largest absolute Gasteiger partial charge is 0.433 e. The van der Waals surface area contributed by atoms with Crippen LogP contribution in [0.3, 0.4) is 0 Å². The van der Waals surface area contributed by atoms with Crippen LogP contribution in [0.2, 0.25) is 0 Å². The molecule has 0 spiro atoms. The maximum absolute atomic E-state index is 12.7. The van der Waals surface area contributed by atoms with E-state index in [1.165, 1.54) is 6.07 Å². The molecule has 0 aromatic carbocycles. The molecule has 0 radical (unpaired) electrons. The Kier molecular flexibility index (Phi) is 5.23. The summed E-state index contributed by atoms with van der Waals surface area (Å²) in [6.45, 7) is 1.80. The Hall–Kier alpha value is -1.83. The fraction of sp³-hybridized carbons (Fsp3) is 0.571. The molecule has 1 aliphatic heterocycles. The summed E-state index contributed by atoms with van der Waals surface area (Å²) in [5.41, 5.74) is 4.87. The zero-order valence-electron chi connectivity index (χ0n) is 12.1. The first-order valence-electron chi connectivity index (χ1n) is 7.18. The Balaban J connectivity index is 2.08. The van der Waals surface area contributed by atoms with E-state index < -0.39 is 11.9 Å². The number of amides is 1. The Morgan fingerprint density at radius 1 is 1.50 bits per heavy atom. The van der Waals surface area contributed by atoms with Gasteiger partial charge in [0, 0.05) is 38.1 Å². The van der Waals surface area contributed by atoms with Crippen LogP contribution in [0.25, 0.3) is 0 Å². The van der Waals surface area contributed by atoms with Crippen LogP contribution in [0.5, 0.6) is 0 Å². The van der Waals surface area contributed by atoms with Crippen molar-refractivity contribution in [2.24, 2.45) is 11.7 Å². The number of pyridine rings is 1. The first kappa shape index (κ1) is 16.5. The number of aromatic nitrogens is 1. The van der Waals surface area contributed by atoms with Crippen LogP contribution in [-0.2, 0) is 11.0 Å². The van der Waals surface area contributed by atoms with Gasteiger partial charge in [0.25, 0.3) is 0 Å². The lowest BCUT2D eigenvalue weighted by atomic mass is 9.96. The van der Waals surface area contributed by atoms with Gasteiger partial charge in [-0.25, -0.2) is 0 Å². The molecule has 8 heteroatoms. The minimum Gasteiger partial charge on any atom is -0.371 e. The van der Waals surface area contributed by atoms with Gasteiger partial charge in [-0.3, -0.25) is 9.78 Å². The van der Waals surface area contributed by atoms with Crippen molar-refractivity contribution in [3.8, 4) is 0 Å².